The van der Waals surface area contributed by atoms with Crippen LogP contribution in [0.1, 0.15) is 58.8 Å². The van der Waals surface area contributed by atoms with Crippen molar-refractivity contribution >= 4 is 12.0 Å². The molecule has 0 bridgehead atoms. The Morgan fingerprint density at radius 3 is 2.43 bits per heavy atom. The van der Waals surface area contributed by atoms with E-state index in [4.69, 9.17) is 0 Å². The summed E-state index contributed by atoms with van der Waals surface area (Å²) < 4.78 is 0. The molecule has 2 fully saturated rings. The molecule has 21 heavy (non-hydrogen) atoms. The van der Waals surface area contributed by atoms with Crippen molar-refractivity contribution in [3.8, 4) is 0 Å². The zero-order valence-corrected chi connectivity index (χ0v) is 13.3. The first-order valence-electron chi connectivity index (χ1n) is 8.30. The van der Waals surface area contributed by atoms with Gasteiger partial charge in [-0.25, -0.2) is 9.59 Å². The van der Waals surface area contributed by atoms with Crippen LogP contribution in [0, 0.1) is 5.92 Å². The number of carbonyl (C=O) groups is 2. The average Bonchev–Trinajstić information content (AvgIpc) is 3.09. The van der Waals surface area contributed by atoms with Crippen LogP contribution in [0.2, 0.25) is 0 Å². The molecular formula is C16H28N2O3. The molecule has 2 rings (SSSR count). The van der Waals surface area contributed by atoms with Crippen molar-refractivity contribution < 1.29 is 14.7 Å². The van der Waals surface area contributed by atoms with Crippen molar-refractivity contribution in [2.24, 2.45) is 5.92 Å². The van der Waals surface area contributed by atoms with Crippen LogP contribution in [0.25, 0.3) is 0 Å². The lowest BCUT2D eigenvalue weighted by Crippen LogP contribution is -2.51. The molecule has 120 valence electrons. The predicted octanol–water partition coefficient (Wildman–Crippen LogP) is 2.95. The smallest absolute Gasteiger partial charge is 0.326 e. The maximum Gasteiger partial charge on any atom is 0.326 e. The van der Waals surface area contributed by atoms with E-state index in [1.807, 2.05) is 4.90 Å². The second-order valence-electron chi connectivity index (χ2n) is 6.79. The molecule has 1 N–H and O–H groups in total. The van der Waals surface area contributed by atoms with Gasteiger partial charge < -0.3 is 14.9 Å². The van der Waals surface area contributed by atoms with Gasteiger partial charge in [0.1, 0.15) is 6.04 Å². The maximum absolute atomic E-state index is 12.8. The maximum atomic E-state index is 12.8. The lowest BCUT2D eigenvalue weighted by Gasteiger charge is -2.35. The van der Waals surface area contributed by atoms with Crippen LogP contribution in [0.4, 0.5) is 4.79 Å². The van der Waals surface area contributed by atoms with Gasteiger partial charge in [0, 0.05) is 19.1 Å². The molecule has 0 aromatic carbocycles. The van der Waals surface area contributed by atoms with Crippen LogP contribution < -0.4 is 0 Å². The summed E-state index contributed by atoms with van der Waals surface area (Å²) in [6, 6.07) is -0.362. The Morgan fingerprint density at radius 1 is 1.19 bits per heavy atom. The lowest BCUT2D eigenvalue weighted by atomic mass is 10.1. The first-order chi connectivity index (χ1) is 10.0. The van der Waals surface area contributed by atoms with Gasteiger partial charge in [-0.1, -0.05) is 26.7 Å². The van der Waals surface area contributed by atoms with Crippen LogP contribution in [-0.2, 0) is 4.79 Å². The number of carboxylic acids is 1. The fourth-order valence-electron chi connectivity index (χ4n) is 3.47. The minimum absolute atomic E-state index is 0.0487. The van der Waals surface area contributed by atoms with E-state index in [0.717, 1.165) is 32.2 Å². The highest BCUT2D eigenvalue weighted by Crippen LogP contribution is 2.27. The van der Waals surface area contributed by atoms with Gasteiger partial charge in [-0.3, -0.25) is 0 Å². The predicted molar refractivity (Wildman–Crippen MR) is 81.2 cm³/mol. The molecular weight excluding hydrogens is 268 g/mol. The highest BCUT2D eigenvalue weighted by molar-refractivity contribution is 5.83. The van der Waals surface area contributed by atoms with Crippen molar-refractivity contribution in [2.75, 3.05) is 13.1 Å². The number of carbonyl (C=O) groups excluding carboxylic acids is 1. The number of hydrogen-bond donors (Lipinski definition) is 1. The summed E-state index contributed by atoms with van der Waals surface area (Å²) >= 11 is 0. The normalized spacial score (nSPS) is 23.0. The SMILES string of the molecule is CC(C)CCN(C(=O)N1CCC[C@@H]1C(=O)O)C1CCCC1. The van der Waals surface area contributed by atoms with Crippen molar-refractivity contribution in [2.45, 2.75) is 70.9 Å². The summed E-state index contributed by atoms with van der Waals surface area (Å²) in [6.07, 6.45) is 6.85. The molecule has 0 aromatic heterocycles. The monoisotopic (exact) mass is 296 g/mol. The molecule has 1 saturated carbocycles. The molecule has 5 heteroatoms. The minimum atomic E-state index is -0.865. The van der Waals surface area contributed by atoms with Crippen LogP contribution in [0.5, 0.6) is 0 Å². The topological polar surface area (TPSA) is 60.9 Å². The number of carboxylic acid groups (broad SMARTS) is 1. The molecule has 1 aliphatic carbocycles. The highest BCUT2D eigenvalue weighted by Gasteiger charge is 2.38. The van der Waals surface area contributed by atoms with Crippen LogP contribution in [0.3, 0.4) is 0 Å². The first kappa shape index (κ1) is 16.1. The number of likely N-dealkylation sites (tertiary alicyclic amines) is 1. The third-order valence-electron chi connectivity index (χ3n) is 4.74. The molecule has 1 saturated heterocycles. The third kappa shape index (κ3) is 3.89. The summed E-state index contributed by atoms with van der Waals surface area (Å²) in [4.78, 5) is 27.7. The molecule has 0 unspecified atom stereocenters. The van der Waals surface area contributed by atoms with Crippen LogP contribution in [0.15, 0.2) is 0 Å². The van der Waals surface area contributed by atoms with Gasteiger partial charge >= 0.3 is 12.0 Å². The van der Waals surface area contributed by atoms with Crippen LogP contribution in [-0.4, -0.2) is 52.1 Å². The zero-order chi connectivity index (χ0) is 15.4. The zero-order valence-electron chi connectivity index (χ0n) is 13.3. The molecule has 1 aliphatic heterocycles. The summed E-state index contributed by atoms with van der Waals surface area (Å²) in [7, 11) is 0. The largest absolute Gasteiger partial charge is 0.480 e. The van der Waals surface area contributed by atoms with E-state index in [0.29, 0.717) is 24.9 Å². The van der Waals surface area contributed by atoms with E-state index < -0.39 is 12.0 Å². The second-order valence-corrected chi connectivity index (χ2v) is 6.79. The van der Waals surface area contributed by atoms with E-state index >= 15 is 0 Å². The number of amides is 2. The fraction of sp³-hybridized carbons (Fsp3) is 0.875. The Morgan fingerprint density at radius 2 is 1.86 bits per heavy atom. The number of nitrogens with zero attached hydrogens (tertiary/aromatic N) is 2. The van der Waals surface area contributed by atoms with E-state index in [1.54, 1.807) is 4.90 Å². The lowest BCUT2D eigenvalue weighted by molar-refractivity contribution is -0.141. The van der Waals surface area contributed by atoms with E-state index in [2.05, 4.69) is 13.8 Å². The molecule has 5 nitrogen and oxygen atoms in total. The Bertz CT molecular complexity index is 378. The molecule has 2 aliphatic rings. The quantitative estimate of drug-likeness (QED) is 0.848. The minimum Gasteiger partial charge on any atom is -0.480 e. The summed E-state index contributed by atoms with van der Waals surface area (Å²) in [5.74, 6) is -0.313. The van der Waals surface area contributed by atoms with Gasteiger partial charge in [-0.15, -0.1) is 0 Å². The Balaban J connectivity index is 2.07. The standard InChI is InChI=1S/C16H28N2O3/c1-12(2)9-11-17(13-6-3-4-7-13)16(21)18-10-5-8-14(18)15(19)20/h12-14H,3-11H2,1-2H3,(H,19,20)/t14-/m1/s1. The Labute approximate surface area is 127 Å². The third-order valence-corrected chi connectivity index (χ3v) is 4.74. The second kappa shape index (κ2) is 7.14. The number of urea groups is 1. The summed E-state index contributed by atoms with van der Waals surface area (Å²) in [5.41, 5.74) is 0. The number of rotatable bonds is 5. The van der Waals surface area contributed by atoms with Crippen LogP contribution >= 0.6 is 0 Å². The summed E-state index contributed by atoms with van der Waals surface area (Å²) in [6.45, 7) is 5.66. The van der Waals surface area contributed by atoms with E-state index in [-0.39, 0.29) is 6.03 Å². The molecule has 1 atom stereocenters. The number of aliphatic carboxylic acids is 1. The molecule has 0 radical (unpaired) electrons. The average molecular weight is 296 g/mol. The van der Waals surface area contributed by atoms with Crippen molar-refractivity contribution in [1.29, 1.82) is 0 Å². The van der Waals surface area contributed by atoms with E-state index in [1.165, 1.54) is 12.8 Å². The molecule has 2 amide bonds. The molecule has 0 aromatic rings. The van der Waals surface area contributed by atoms with E-state index in [9.17, 15) is 14.7 Å². The van der Waals surface area contributed by atoms with Crippen molar-refractivity contribution in [3.05, 3.63) is 0 Å². The number of hydrogen-bond acceptors (Lipinski definition) is 2. The van der Waals surface area contributed by atoms with Gasteiger partial charge in [-0.05, 0) is 38.0 Å². The molecule has 0 spiro atoms. The summed E-state index contributed by atoms with van der Waals surface area (Å²) in [5, 5.41) is 9.29. The van der Waals surface area contributed by atoms with Gasteiger partial charge in [0.25, 0.3) is 0 Å². The van der Waals surface area contributed by atoms with Gasteiger partial charge in [0.2, 0.25) is 0 Å². The fourth-order valence-corrected chi connectivity index (χ4v) is 3.47. The van der Waals surface area contributed by atoms with Crippen molar-refractivity contribution in [3.63, 3.8) is 0 Å². The Hall–Kier alpha value is -1.26. The van der Waals surface area contributed by atoms with Crippen molar-refractivity contribution in [1.82, 2.24) is 9.80 Å². The van der Waals surface area contributed by atoms with Gasteiger partial charge in [0.05, 0.1) is 0 Å². The first-order valence-corrected chi connectivity index (χ1v) is 8.30. The molecule has 1 heterocycles. The highest BCUT2D eigenvalue weighted by atomic mass is 16.4. The van der Waals surface area contributed by atoms with Gasteiger partial charge in [-0.2, -0.15) is 0 Å². The Kier molecular flexibility index (Phi) is 5.48. The van der Waals surface area contributed by atoms with Gasteiger partial charge in [0.15, 0.2) is 0 Å².